The molecule has 94 valence electrons. The zero-order valence-electron chi connectivity index (χ0n) is 9.77. The summed E-state index contributed by atoms with van der Waals surface area (Å²) >= 11 is 0. The average Bonchev–Trinajstić information content (AvgIpc) is 2.37. The molecule has 0 bridgehead atoms. The number of hydrogen-bond donors (Lipinski definition) is 1. The largest absolute Gasteiger partial charge is 0.381 e. The molecule has 1 atom stereocenters. The second kappa shape index (κ2) is 6.10. The molecule has 1 fully saturated rings. The molecule has 1 aliphatic heterocycles. The predicted octanol–water partition coefficient (Wildman–Crippen LogP) is 2.02. The lowest BCUT2D eigenvalue weighted by molar-refractivity contribution is -0.0358. The molecule has 0 radical (unpaired) electrons. The maximum absolute atomic E-state index is 13.0. The molecule has 17 heavy (non-hydrogen) atoms. The molecule has 1 heterocycles. The van der Waals surface area contributed by atoms with Crippen molar-refractivity contribution in [1.82, 2.24) is 0 Å². The lowest BCUT2D eigenvalue weighted by Crippen LogP contribution is -2.27. The molecule has 1 saturated heterocycles. The van der Waals surface area contributed by atoms with E-state index in [1.54, 1.807) is 6.07 Å². The van der Waals surface area contributed by atoms with Crippen LogP contribution in [0.4, 0.5) is 4.39 Å². The van der Waals surface area contributed by atoms with E-state index in [-0.39, 0.29) is 18.0 Å². The monoisotopic (exact) mass is 239 g/mol. The van der Waals surface area contributed by atoms with Crippen LogP contribution < -0.4 is 5.73 Å². The molecule has 4 heteroatoms. The first-order chi connectivity index (χ1) is 8.25. The second-order valence-electron chi connectivity index (χ2n) is 4.31. The molecular formula is C13H18FNO2. The van der Waals surface area contributed by atoms with Gasteiger partial charge in [0.1, 0.15) is 5.82 Å². The van der Waals surface area contributed by atoms with Crippen LogP contribution in [-0.2, 0) is 9.47 Å². The lowest BCUT2D eigenvalue weighted by Gasteiger charge is -2.24. The summed E-state index contributed by atoms with van der Waals surface area (Å²) in [7, 11) is 0. The van der Waals surface area contributed by atoms with Gasteiger partial charge in [0.05, 0.1) is 18.8 Å². The fourth-order valence-electron chi connectivity index (χ4n) is 1.92. The van der Waals surface area contributed by atoms with E-state index in [1.807, 2.05) is 6.07 Å². The molecule has 1 aliphatic rings. The highest BCUT2D eigenvalue weighted by molar-refractivity contribution is 5.19. The Morgan fingerprint density at radius 3 is 2.88 bits per heavy atom. The van der Waals surface area contributed by atoms with Crippen molar-refractivity contribution in [2.45, 2.75) is 25.0 Å². The Labute approximate surface area is 101 Å². The molecule has 2 rings (SSSR count). The molecule has 0 spiro atoms. The molecule has 1 aromatic carbocycles. The van der Waals surface area contributed by atoms with Crippen molar-refractivity contribution >= 4 is 0 Å². The van der Waals surface area contributed by atoms with Gasteiger partial charge in [0.15, 0.2) is 0 Å². The van der Waals surface area contributed by atoms with Crippen molar-refractivity contribution in [3.63, 3.8) is 0 Å². The van der Waals surface area contributed by atoms with E-state index in [9.17, 15) is 4.39 Å². The number of benzene rings is 1. The summed E-state index contributed by atoms with van der Waals surface area (Å²) in [4.78, 5) is 0. The molecule has 0 aromatic heterocycles. The van der Waals surface area contributed by atoms with Crippen LogP contribution in [-0.4, -0.2) is 25.9 Å². The lowest BCUT2D eigenvalue weighted by atomic mass is 10.1. The fourth-order valence-corrected chi connectivity index (χ4v) is 1.92. The van der Waals surface area contributed by atoms with E-state index in [1.165, 1.54) is 12.1 Å². The topological polar surface area (TPSA) is 44.5 Å². The summed E-state index contributed by atoms with van der Waals surface area (Å²) in [6, 6.07) is 6.08. The number of hydrogen-bond acceptors (Lipinski definition) is 3. The minimum atomic E-state index is -0.270. The van der Waals surface area contributed by atoms with Gasteiger partial charge in [-0.1, -0.05) is 12.1 Å². The van der Waals surface area contributed by atoms with Crippen molar-refractivity contribution in [3.05, 3.63) is 35.6 Å². The van der Waals surface area contributed by atoms with E-state index in [0.29, 0.717) is 6.61 Å². The number of ether oxygens (including phenoxy) is 2. The van der Waals surface area contributed by atoms with Crippen LogP contribution in [0.2, 0.25) is 0 Å². The van der Waals surface area contributed by atoms with Crippen LogP contribution >= 0.6 is 0 Å². The number of rotatable bonds is 4. The van der Waals surface area contributed by atoms with Gasteiger partial charge in [0.2, 0.25) is 0 Å². The summed E-state index contributed by atoms with van der Waals surface area (Å²) in [5, 5.41) is 0. The minimum absolute atomic E-state index is 0.225. The molecule has 3 nitrogen and oxygen atoms in total. The third kappa shape index (κ3) is 3.77. The van der Waals surface area contributed by atoms with E-state index in [0.717, 1.165) is 31.6 Å². The molecule has 0 amide bonds. The van der Waals surface area contributed by atoms with Gasteiger partial charge >= 0.3 is 0 Å². The zero-order valence-corrected chi connectivity index (χ0v) is 9.77. The fraction of sp³-hybridized carbons (Fsp3) is 0.538. The molecule has 1 unspecified atom stereocenters. The first-order valence-electron chi connectivity index (χ1n) is 5.96. The zero-order chi connectivity index (χ0) is 12.1. The Morgan fingerprint density at radius 1 is 1.41 bits per heavy atom. The summed E-state index contributed by atoms with van der Waals surface area (Å²) < 4.78 is 24.0. The van der Waals surface area contributed by atoms with Crippen molar-refractivity contribution in [3.8, 4) is 0 Å². The maximum Gasteiger partial charge on any atom is 0.123 e. The highest BCUT2D eigenvalue weighted by Crippen LogP contribution is 2.16. The van der Waals surface area contributed by atoms with Crippen LogP contribution in [0.1, 0.15) is 24.4 Å². The van der Waals surface area contributed by atoms with Crippen molar-refractivity contribution in [2.24, 2.45) is 5.73 Å². The van der Waals surface area contributed by atoms with Gasteiger partial charge in [-0.25, -0.2) is 4.39 Å². The Kier molecular flexibility index (Phi) is 4.48. The van der Waals surface area contributed by atoms with Gasteiger partial charge in [-0.3, -0.25) is 0 Å². The molecule has 2 N–H and O–H groups in total. The third-order valence-corrected chi connectivity index (χ3v) is 2.96. The number of nitrogens with two attached hydrogens (primary N) is 1. The highest BCUT2D eigenvalue weighted by Gasteiger charge is 2.16. The number of halogens is 1. The first-order valence-corrected chi connectivity index (χ1v) is 5.96. The molecule has 1 aromatic rings. The van der Waals surface area contributed by atoms with E-state index >= 15 is 0 Å². The Hall–Kier alpha value is -0.970. The smallest absolute Gasteiger partial charge is 0.123 e. The quantitative estimate of drug-likeness (QED) is 0.874. The van der Waals surface area contributed by atoms with Crippen LogP contribution in [0.3, 0.4) is 0 Å². The van der Waals surface area contributed by atoms with E-state index in [2.05, 4.69) is 0 Å². The van der Waals surface area contributed by atoms with Crippen molar-refractivity contribution in [1.29, 1.82) is 0 Å². The van der Waals surface area contributed by atoms with Gasteiger partial charge in [-0.2, -0.15) is 0 Å². The summed E-state index contributed by atoms with van der Waals surface area (Å²) in [6.07, 6.45) is 2.05. The molecule has 0 saturated carbocycles. The van der Waals surface area contributed by atoms with Gasteiger partial charge in [0.25, 0.3) is 0 Å². The van der Waals surface area contributed by atoms with Crippen LogP contribution in [0, 0.1) is 5.82 Å². The van der Waals surface area contributed by atoms with Gasteiger partial charge < -0.3 is 15.2 Å². The van der Waals surface area contributed by atoms with Crippen LogP contribution in [0.25, 0.3) is 0 Å². The van der Waals surface area contributed by atoms with Gasteiger partial charge in [-0.05, 0) is 30.5 Å². The predicted molar refractivity (Wildman–Crippen MR) is 63.1 cm³/mol. The normalized spacial score (nSPS) is 19.2. The van der Waals surface area contributed by atoms with Crippen molar-refractivity contribution in [2.75, 3.05) is 19.8 Å². The third-order valence-electron chi connectivity index (χ3n) is 2.96. The summed E-state index contributed by atoms with van der Waals surface area (Å²) in [5.41, 5.74) is 6.73. The Balaban J connectivity index is 1.82. The summed E-state index contributed by atoms with van der Waals surface area (Å²) in [5.74, 6) is -0.260. The minimum Gasteiger partial charge on any atom is -0.381 e. The maximum atomic E-state index is 13.0. The SMILES string of the molecule is NC(COC1CCOCC1)c1cccc(F)c1. The standard InChI is InChI=1S/C13H18FNO2/c14-11-3-1-2-10(8-11)13(15)9-17-12-4-6-16-7-5-12/h1-3,8,12-13H,4-7,9,15H2. The molecular weight excluding hydrogens is 221 g/mol. The van der Waals surface area contributed by atoms with Crippen LogP contribution in [0.5, 0.6) is 0 Å². The highest BCUT2D eigenvalue weighted by atomic mass is 19.1. The van der Waals surface area contributed by atoms with E-state index in [4.69, 9.17) is 15.2 Å². The first kappa shape index (κ1) is 12.5. The average molecular weight is 239 g/mol. The Morgan fingerprint density at radius 2 is 2.18 bits per heavy atom. The van der Waals surface area contributed by atoms with Gasteiger partial charge in [-0.15, -0.1) is 0 Å². The molecule has 0 aliphatic carbocycles. The van der Waals surface area contributed by atoms with E-state index < -0.39 is 0 Å². The van der Waals surface area contributed by atoms with Crippen LogP contribution in [0.15, 0.2) is 24.3 Å². The van der Waals surface area contributed by atoms with Crippen molar-refractivity contribution < 1.29 is 13.9 Å². The van der Waals surface area contributed by atoms with Gasteiger partial charge in [0, 0.05) is 13.2 Å². The summed E-state index contributed by atoms with van der Waals surface area (Å²) in [6.45, 7) is 1.92. The Bertz CT molecular complexity index is 353. The second-order valence-corrected chi connectivity index (χ2v) is 4.31.